The maximum Gasteiger partial charge on any atom is 0.277 e. The van der Waals surface area contributed by atoms with E-state index in [2.05, 4.69) is 4.98 Å². The van der Waals surface area contributed by atoms with Crippen molar-refractivity contribution in [1.29, 1.82) is 0 Å². The molecule has 0 aromatic carbocycles. The molecule has 1 amide bonds. The van der Waals surface area contributed by atoms with Crippen LogP contribution >= 0.6 is 11.3 Å². The number of aliphatic hydroxyl groups is 1. The Morgan fingerprint density at radius 1 is 1.50 bits per heavy atom. The maximum absolute atomic E-state index is 10.9. The van der Waals surface area contributed by atoms with Crippen LogP contribution in [-0.4, -0.2) is 16.0 Å². The third kappa shape index (κ3) is 2.41. The van der Waals surface area contributed by atoms with Crippen LogP contribution in [0.1, 0.15) is 53.7 Å². The molecule has 0 spiro atoms. The molecule has 0 aliphatic heterocycles. The molecule has 0 bridgehead atoms. The van der Waals surface area contributed by atoms with Crippen LogP contribution in [0.3, 0.4) is 0 Å². The third-order valence-electron chi connectivity index (χ3n) is 3.13. The van der Waals surface area contributed by atoms with Gasteiger partial charge in [-0.25, -0.2) is 4.98 Å². The molecule has 16 heavy (non-hydrogen) atoms. The monoisotopic (exact) mass is 240 g/mol. The van der Waals surface area contributed by atoms with Crippen molar-refractivity contribution in [2.75, 3.05) is 0 Å². The van der Waals surface area contributed by atoms with E-state index in [0.29, 0.717) is 5.69 Å². The number of aliphatic hydroxyl groups excluding tert-OH is 1. The Morgan fingerprint density at radius 2 is 2.19 bits per heavy atom. The molecule has 2 rings (SSSR count). The van der Waals surface area contributed by atoms with Gasteiger partial charge in [-0.1, -0.05) is 19.3 Å². The highest BCUT2D eigenvalue weighted by molar-refractivity contribution is 7.11. The van der Waals surface area contributed by atoms with Gasteiger partial charge < -0.3 is 10.8 Å². The molecule has 1 atom stereocenters. The molecule has 1 unspecified atom stereocenters. The molecule has 88 valence electrons. The van der Waals surface area contributed by atoms with Gasteiger partial charge in [0.1, 0.15) is 0 Å². The Kier molecular flexibility index (Phi) is 3.56. The molecule has 0 radical (unpaired) electrons. The van der Waals surface area contributed by atoms with Crippen molar-refractivity contribution >= 4 is 17.2 Å². The van der Waals surface area contributed by atoms with Gasteiger partial charge in [-0.05, 0) is 18.8 Å². The summed E-state index contributed by atoms with van der Waals surface area (Å²) in [5, 5.41) is 12.2. The lowest BCUT2D eigenvalue weighted by Gasteiger charge is -2.25. The number of hydrogen-bond acceptors (Lipinski definition) is 4. The van der Waals surface area contributed by atoms with E-state index in [9.17, 15) is 9.90 Å². The first-order valence-corrected chi connectivity index (χ1v) is 6.49. The van der Waals surface area contributed by atoms with Crippen LogP contribution in [0.15, 0.2) is 5.38 Å². The third-order valence-corrected chi connectivity index (χ3v) is 4.01. The molecule has 1 aliphatic carbocycles. The van der Waals surface area contributed by atoms with E-state index in [-0.39, 0.29) is 10.9 Å². The molecule has 5 heteroatoms. The average molecular weight is 240 g/mol. The second-order valence-corrected chi connectivity index (χ2v) is 5.14. The van der Waals surface area contributed by atoms with Gasteiger partial charge >= 0.3 is 0 Å². The van der Waals surface area contributed by atoms with Crippen LogP contribution < -0.4 is 5.73 Å². The first-order valence-electron chi connectivity index (χ1n) is 5.62. The number of rotatable bonds is 3. The Morgan fingerprint density at radius 3 is 2.75 bits per heavy atom. The Hall–Kier alpha value is -0.940. The van der Waals surface area contributed by atoms with E-state index >= 15 is 0 Å². The number of nitrogens with two attached hydrogens (primary N) is 1. The summed E-state index contributed by atoms with van der Waals surface area (Å²) in [7, 11) is 0. The van der Waals surface area contributed by atoms with Crippen molar-refractivity contribution in [3.05, 3.63) is 16.1 Å². The highest BCUT2D eigenvalue weighted by Crippen LogP contribution is 2.34. The maximum atomic E-state index is 10.9. The van der Waals surface area contributed by atoms with E-state index in [4.69, 9.17) is 5.73 Å². The first kappa shape index (κ1) is 11.5. The van der Waals surface area contributed by atoms with Gasteiger partial charge in [0.2, 0.25) is 0 Å². The number of hydrogen-bond donors (Lipinski definition) is 2. The average Bonchev–Trinajstić information content (AvgIpc) is 2.78. The van der Waals surface area contributed by atoms with E-state index < -0.39 is 12.0 Å². The summed E-state index contributed by atoms with van der Waals surface area (Å²) in [6.45, 7) is 0. The van der Waals surface area contributed by atoms with Crippen LogP contribution in [0.4, 0.5) is 0 Å². The summed E-state index contributed by atoms with van der Waals surface area (Å²) in [5.41, 5.74) is 5.74. The molecule has 4 nitrogen and oxygen atoms in total. The van der Waals surface area contributed by atoms with Gasteiger partial charge in [-0.2, -0.15) is 0 Å². The second-order valence-electron chi connectivity index (χ2n) is 4.28. The normalized spacial score (nSPS) is 19.6. The van der Waals surface area contributed by atoms with Gasteiger partial charge in [-0.15, -0.1) is 11.3 Å². The minimum atomic E-state index is -0.537. The Labute approximate surface area is 98.5 Å². The van der Waals surface area contributed by atoms with Crippen LogP contribution in [0.2, 0.25) is 0 Å². The molecule has 1 aromatic rings. The molecule has 3 N–H and O–H groups in total. The van der Waals surface area contributed by atoms with Crippen molar-refractivity contribution in [3.8, 4) is 0 Å². The summed E-state index contributed by atoms with van der Waals surface area (Å²) in [4.78, 5) is 15.0. The molecule has 1 saturated carbocycles. The number of amides is 1. The molecule has 0 saturated heterocycles. The van der Waals surface area contributed by atoms with Crippen molar-refractivity contribution in [1.82, 2.24) is 4.98 Å². The molecular formula is C11H16N2O2S. The number of primary amides is 1. The molecule has 1 fully saturated rings. The second kappa shape index (κ2) is 4.93. The van der Waals surface area contributed by atoms with Crippen molar-refractivity contribution in [3.63, 3.8) is 0 Å². The Balaban J connectivity index is 2.07. The first-order chi connectivity index (χ1) is 7.68. The standard InChI is InChI=1S/C11H16N2O2S/c12-10(15)11-13-8(6-16-11)9(14)7-4-2-1-3-5-7/h6-7,9,14H,1-5H2,(H2,12,15). The summed E-state index contributed by atoms with van der Waals surface area (Å²) >= 11 is 1.20. The largest absolute Gasteiger partial charge is 0.386 e. The van der Waals surface area contributed by atoms with Crippen LogP contribution in [0.25, 0.3) is 0 Å². The molecule has 1 heterocycles. The van der Waals surface area contributed by atoms with Crippen molar-refractivity contribution in [2.24, 2.45) is 11.7 Å². The lowest BCUT2D eigenvalue weighted by Crippen LogP contribution is -2.17. The fraction of sp³-hybridized carbons (Fsp3) is 0.636. The summed E-state index contributed by atoms with van der Waals surface area (Å²) < 4.78 is 0. The van der Waals surface area contributed by atoms with Gasteiger partial charge in [0.25, 0.3) is 5.91 Å². The summed E-state index contributed by atoms with van der Waals surface area (Å²) in [6.07, 6.45) is 5.16. The number of carbonyl (C=O) groups is 1. The predicted molar refractivity (Wildman–Crippen MR) is 62.2 cm³/mol. The van der Waals surface area contributed by atoms with Crippen LogP contribution in [0, 0.1) is 5.92 Å². The van der Waals surface area contributed by atoms with E-state index in [1.165, 1.54) is 30.6 Å². The topological polar surface area (TPSA) is 76.2 Å². The Bertz CT molecular complexity index is 372. The van der Waals surface area contributed by atoms with E-state index in [1.807, 2.05) is 0 Å². The zero-order chi connectivity index (χ0) is 11.5. The lowest BCUT2D eigenvalue weighted by atomic mass is 9.84. The van der Waals surface area contributed by atoms with Crippen LogP contribution in [-0.2, 0) is 0 Å². The minimum absolute atomic E-state index is 0.282. The zero-order valence-corrected chi connectivity index (χ0v) is 9.87. The van der Waals surface area contributed by atoms with Crippen molar-refractivity contribution in [2.45, 2.75) is 38.2 Å². The SMILES string of the molecule is NC(=O)c1nc(C(O)C2CCCCC2)cs1. The van der Waals surface area contributed by atoms with Crippen LogP contribution in [0.5, 0.6) is 0 Å². The predicted octanol–water partition coefficient (Wildman–Crippen LogP) is 1.86. The fourth-order valence-electron chi connectivity index (χ4n) is 2.23. The summed E-state index contributed by atoms with van der Waals surface area (Å²) in [6, 6.07) is 0. The van der Waals surface area contributed by atoms with Gasteiger partial charge in [-0.3, -0.25) is 4.79 Å². The van der Waals surface area contributed by atoms with Gasteiger partial charge in [0.05, 0.1) is 11.8 Å². The molecular weight excluding hydrogens is 224 g/mol. The van der Waals surface area contributed by atoms with Gasteiger partial charge in [0, 0.05) is 5.38 Å². The minimum Gasteiger partial charge on any atom is -0.386 e. The zero-order valence-electron chi connectivity index (χ0n) is 9.06. The van der Waals surface area contributed by atoms with Gasteiger partial charge in [0.15, 0.2) is 5.01 Å². The van der Waals surface area contributed by atoms with Crippen molar-refractivity contribution < 1.29 is 9.90 Å². The molecule has 1 aromatic heterocycles. The highest BCUT2D eigenvalue weighted by Gasteiger charge is 2.25. The fourth-order valence-corrected chi connectivity index (χ4v) is 2.93. The number of carbonyl (C=O) groups excluding carboxylic acids is 1. The quantitative estimate of drug-likeness (QED) is 0.846. The van der Waals surface area contributed by atoms with E-state index in [0.717, 1.165) is 12.8 Å². The summed E-state index contributed by atoms with van der Waals surface area (Å²) in [5.74, 6) is -0.233. The molecule has 1 aliphatic rings. The van der Waals surface area contributed by atoms with E-state index in [1.54, 1.807) is 5.38 Å². The smallest absolute Gasteiger partial charge is 0.277 e. The highest BCUT2D eigenvalue weighted by atomic mass is 32.1. The number of thiazole rings is 1. The lowest BCUT2D eigenvalue weighted by molar-refractivity contribution is 0.0813. The number of nitrogens with zero attached hydrogens (tertiary/aromatic N) is 1. The number of aromatic nitrogens is 1.